The Morgan fingerprint density at radius 3 is 2.27 bits per heavy atom. The molecule has 1 saturated heterocycles. The van der Waals surface area contributed by atoms with Crippen molar-refractivity contribution in [2.24, 2.45) is 5.73 Å². The molecule has 3 aromatic rings. The molecule has 3 amide bonds. The van der Waals surface area contributed by atoms with Gasteiger partial charge in [-0.3, -0.25) is 14.5 Å². The molecule has 1 fully saturated rings. The van der Waals surface area contributed by atoms with E-state index in [0.29, 0.717) is 5.57 Å². The van der Waals surface area contributed by atoms with Gasteiger partial charge in [-0.25, -0.2) is 9.59 Å². The van der Waals surface area contributed by atoms with Gasteiger partial charge in [0.15, 0.2) is 6.10 Å². The van der Waals surface area contributed by atoms with Gasteiger partial charge in [-0.15, -0.1) is 23.1 Å². The van der Waals surface area contributed by atoms with Gasteiger partial charge >= 0.3 is 12.1 Å². The van der Waals surface area contributed by atoms with Crippen molar-refractivity contribution >= 4 is 47.0 Å². The van der Waals surface area contributed by atoms with Crippen LogP contribution < -0.4 is 11.1 Å². The topological polar surface area (TPSA) is 137 Å². The first-order valence-corrected chi connectivity index (χ1v) is 14.6. The van der Waals surface area contributed by atoms with E-state index in [4.69, 9.17) is 19.9 Å². The first kappa shape index (κ1) is 28.4. The van der Waals surface area contributed by atoms with Crippen molar-refractivity contribution in [1.82, 2.24) is 10.2 Å². The van der Waals surface area contributed by atoms with Gasteiger partial charge in [0.25, 0.3) is 11.6 Å². The zero-order valence-corrected chi connectivity index (χ0v) is 23.6. The number of fused-ring (bicyclic) bond motifs is 1. The predicted octanol–water partition coefficient (Wildman–Crippen LogP) is 3.35. The van der Waals surface area contributed by atoms with Crippen LogP contribution in [0.1, 0.15) is 22.1 Å². The SMILES string of the molecule is CO[C@@]1(NC(=O)Cc2cccs2)C(=O)N2C(C(=O)OC(c3ccccc3)c3ccccc3)=C(COC(N)=O)CS[C@H]21. The van der Waals surface area contributed by atoms with Gasteiger partial charge in [0.2, 0.25) is 5.91 Å². The minimum Gasteiger partial charge on any atom is -0.448 e. The Balaban J connectivity index is 1.45. The van der Waals surface area contributed by atoms with Crippen LogP contribution in [0.5, 0.6) is 0 Å². The van der Waals surface area contributed by atoms with E-state index >= 15 is 0 Å². The third-order valence-corrected chi connectivity index (χ3v) is 8.93. The number of thiophene rings is 1. The standard InChI is InChI=1S/C29H27N3O7S2/c1-37-29(31-22(33)15-21-13-8-14-40-21)26(35)32-23(20(16-38-28(30)36)17-41-27(29)32)25(34)39-24(18-9-4-2-5-10-18)19-11-6-3-7-12-19/h2-14,24,27H,15-17H2,1H3,(H2,30,36)(H,31,33)/t27-,29-/m0/s1. The van der Waals surface area contributed by atoms with E-state index in [-0.39, 0.29) is 24.5 Å². The second-order valence-electron chi connectivity index (χ2n) is 9.25. The molecule has 0 unspecified atom stereocenters. The fourth-order valence-corrected chi connectivity index (χ4v) is 6.89. The predicted molar refractivity (Wildman–Crippen MR) is 152 cm³/mol. The minimum atomic E-state index is -1.68. The van der Waals surface area contributed by atoms with Gasteiger partial charge in [0, 0.05) is 23.3 Å². The van der Waals surface area contributed by atoms with Gasteiger partial charge in [0.05, 0.1) is 6.42 Å². The minimum absolute atomic E-state index is 0.0722. The van der Waals surface area contributed by atoms with E-state index in [9.17, 15) is 19.2 Å². The molecule has 2 aromatic carbocycles. The molecular weight excluding hydrogens is 566 g/mol. The number of ether oxygens (including phenoxy) is 3. The lowest BCUT2D eigenvalue weighted by atomic mass is 9.97. The summed E-state index contributed by atoms with van der Waals surface area (Å²) in [5.41, 5.74) is 5.24. The molecule has 0 bridgehead atoms. The largest absolute Gasteiger partial charge is 0.448 e. The van der Waals surface area contributed by atoms with E-state index in [2.05, 4.69) is 5.32 Å². The molecule has 3 N–H and O–H groups in total. The molecule has 0 aliphatic carbocycles. The van der Waals surface area contributed by atoms with Gasteiger partial charge in [-0.05, 0) is 22.6 Å². The van der Waals surface area contributed by atoms with Crippen molar-refractivity contribution in [2.75, 3.05) is 19.5 Å². The van der Waals surface area contributed by atoms with E-state index in [1.54, 1.807) is 0 Å². The summed E-state index contributed by atoms with van der Waals surface area (Å²) in [7, 11) is 1.33. The van der Waals surface area contributed by atoms with Gasteiger partial charge in [-0.2, -0.15) is 0 Å². The summed E-state index contributed by atoms with van der Waals surface area (Å²) in [6.07, 6.45) is -1.73. The Bertz CT molecular complexity index is 1420. The average molecular weight is 594 g/mol. The zero-order valence-electron chi connectivity index (χ0n) is 22.0. The number of methoxy groups -OCH3 is 1. The number of carbonyl (C=O) groups is 4. The smallest absolute Gasteiger partial charge is 0.404 e. The fourth-order valence-electron chi connectivity index (χ4n) is 4.77. The number of nitrogens with two attached hydrogens (primary N) is 1. The number of hydrogen-bond donors (Lipinski definition) is 2. The fraction of sp³-hybridized carbons (Fsp3) is 0.241. The number of esters is 1. The normalized spacial score (nSPS) is 19.8. The molecule has 0 radical (unpaired) electrons. The summed E-state index contributed by atoms with van der Waals surface area (Å²) in [5.74, 6) is -1.64. The number of β-lactam (4-membered cyclic amide) rings is 1. The Morgan fingerprint density at radius 2 is 1.71 bits per heavy atom. The number of carbonyl (C=O) groups excluding carboxylic acids is 4. The summed E-state index contributed by atoms with van der Waals surface area (Å²) in [6.45, 7) is -0.310. The van der Waals surface area contributed by atoms with E-state index in [1.165, 1.54) is 35.1 Å². The van der Waals surface area contributed by atoms with Crippen molar-refractivity contribution < 1.29 is 33.4 Å². The van der Waals surface area contributed by atoms with Crippen LogP contribution in [0.2, 0.25) is 0 Å². The zero-order chi connectivity index (χ0) is 29.0. The number of amides is 3. The highest BCUT2D eigenvalue weighted by Crippen LogP contribution is 2.47. The Morgan fingerprint density at radius 1 is 1.05 bits per heavy atom. The molecule has 3 heterocycles. The van der Waals surface area contributed by atoms with E-state index < -0.39 is 41.1 Å². The highest BCUT2D eigenvalue weighted by molar-refractivity contribution is 8.00. The van der Waals surface area contributed by atoms with Crippen molar-refractivity contribution in [3.05, 3.63) is 105 Å². The molecule has 41 heavy (non-hydrogen) atoms. The highest BCUT2D eigenvalue weighted by atomic mass is 32.2. The summed E-state index contributed by atoms with van der Waals surface area (Å²) >= 11 is 2.69. The lowest BCUT2D eigenvalue weighted by Gasteiger charge is -2.56. The van der Waals surface area contributed by atoms with Crippen LogP contribution >= 0.6 is 23.1 Å². The lowest BCUT2D eigenvalue weighted by Crippen LogP contribution is -2.80. The van der Waals surface area contributed by atoms with E-state index in [0.717, 1.165) is 16.0 Å². The summed E-state index contributed by atoms with van der Waals surface area (Å²) in [4.78, 5) is 53.9. The molecule has 5 rings (SSSR count). The van der Waals surface area contributed by atoms with Crippen LogP contribution in [0.25, 0.3) is 0 Å². The first-order chi connectivity index (χ1) is 19.8. The number of benzene rings is 2. The molecule has 0 spiro atoms. The molecule has 2 atom stereocenters. The second-order valence-corrected chi connectivity index (χ2v) is 11.3. The third-order valence-electron chi connectivity index (χ3n) is 6.68. The molecule has 10 nitrogen and oxygen atoms in total. The Labute approximate surface area is 244 Å². The summed E-state index contributed by atoms with van der Waals surface area (Å²) < 4.78 is 16.7. The maximum Gasteiger partial charge on any atom is 0.404 e. The van der Waals surface area contributed by atoms with Crippen molar-refractivity contribution in [2.45, 2.75) is 23.6 Å². The van der Waals surface area contributed by atoms with E-state index in [1.807, 2.05) is 78.2 Å². The average Bonchev–Trinajstić information content (AvgIpc) is 3.50. The lowest BCUT2D eigenvalue weighted by molar-refractivity contribution is -0.193. The van der Waals surface area contributed by atoms with Crippen molar-refractivity contribution in [3.8, 4) is 0 Å². The van der Waals surface area contributed by atoms with Crippen LogP contribution in [0.3, 0.4) is 0 Å². The maximum atomic E-state index is 13.9. The van der Waals surface area contributed by atoms with Gasteiger partial charge < -0.3 is 25.3 Å². The molecule has 1 aromatic heterocycles. The molecule has 212 valence electrons. The van der Waals surface area contributed by atoms with Crippen molar-refractivity contribution in [3.63, 3.8) is 0 Å². The summed E-state index contributed by atoms with van der Waals surface area (Å²) in [6, 6.07) is 22.1. The Kier molecular flexibility index (Phi) is 8.43. The third kappa shape index (κ3) is 5.71. The number of thioether (sulfide) groups is 1. The number of primary amides is 1. The molecule has 2 aliphatic heterocycles. The van der Waals surface area contributed by atoms with Crippen LogP contribution in [0, 0.1) is 0 Å². The highest BCUT2D eigenvalue weighted by Gasteiger charge is 2.66. The molecular formula is C29H27N3O7S2. The summed E-state index contributed by atoms with van der Waals surface area (Å²) in [5, 5.41) is 3.83. The van der Waals surface area contributed by atoms with Crippen LogP contribution in [0.4, 0.5) is 4.79 Å². The monoisotopic (exact) mass is 593 g/mol. The van der Waals surface area contributed by atoms with Crippen molar-refractivity contribution in [1.29, 1.82) is 0 Å². The molecule has 12 heteroatoms. The van der Waals surface area contributed by atoms with Gasteiger partial charge in [0.1, 0.15) is 17.7 Å². The van der Waals surface area contributed by atoms with Crippen LogP contribution in [-0.4, -0.2) is 59.3 Å². The number of nitrogens with one attached hydrogen (secondary N) is 1. The van der Waals surface area contributed by atoms with Crippen LogP contribution in [0.15, 0.2) is 89.4 Å². The number of hydrogen-bond acceptors (Lipinski definition) is 9. The maximum absolute atomic E-state index is 13.9. The number of rotatable bonds is 10. The quantitative estimate of drug-likeness (QED) is 0.208. The molecule has 2 aliphatic rings. The Hall–Kier alpha value is -4.13. The second kappa shape index (κ2) is 12.2. The van der Waals surface area contributed by atoms with Gasteiger partial charge in [-0.1, -0.05) is 66.7 Å². The van der Waals surface area contributed by atoms with Crippen LogP contribution in [-0.2, 0) is 35.0 Å². The molecule has 0 saturated carbocycles. The number of nitrogens with zero attached hydrogens (tertiary/aromatic N) is 1. The first-order valence-electron chi connectivity index (χ1n) is 12.6.